The summed E-state index contributed by atoms with van der Waals surface area (Å²) in [5, 5.41) is 3.68. The molecule has 1 fully saturated rings. The molecule has 1 saturated carbocycles. The van der Waals surface area contributed by atoms with Gasteiger partial charge in [0.1, 0.15) is 0 Å². The summed E-state index contributed by atoms with van der Waals surface area (Å²) in [5.41, 5.74) is 1.34. The zero-order valence-corrected chi connectivity index (χ0v) is 10.7. The second-order valence-electron chi connectivity index (χ2n) is 5.25. The predicted molar refractivity (Wildman–Crippen MR) is 68.0 cm³/mol. The first-order chi connectivity index (χ1) is 7.15. The molecular weight excluding hydrogens is 182 g/mol. The Bertz CT molecular complexity index is 198. The van der Waals surface area contributed by atoms with Gasteiger partial charge >= 0.3 is 0 Å². The molecule has 1 nitrogen and oxygen atoms in total. The molecule has 1 N–H and O–H groups in total. The van der Waals surface area contributed by atoms with Gasteiger partial charge in [-0.2, -0.15) is 0 Å². The molecule has 0 amide bonds. The Morgan fingerprint density at radius 2 is 2.13 bits per heavy atom. The Morgan fingerprint density at radius 1 is 1.40 bits per heavy atom. The molecule has 0 radical (unpaired) electrons. The van der Waals surface area contributed by atoms with Crippen LogP contribution in [0.2, 0.25) is 0 Å². The topological polar surface area (TPSA) is 12.0 Å². The van der Waals surface area contributed by atoms with Crippen LogP contribution in [0.1, 0.15) is 52.9 Å². The molecule has 0 aromatic heterocycles. The molecular formula is C14H27N. The van der Waals surface area contributed by atoms with Gasteiger partial charge in [-0.3, -0.25) is 0 Å². The summed E-state index contributed by atoms with van der Waals surface area (Å²) < 4.78 is 0. The normalized spacial score (nSPS) is 30.7. The van der Waals surface area contributed by atoms with E-state index in [-0.39, 0.29) is 0 Å². The molecule has 1 aliphatic rings. The Kier molecular flexibility index (Phi) is 5.38. The molecule has 0 heterocycles. The van der Waals surface area contributed by atoms with E-state index in [0.717, 1.165) is 17.9 Å². The minimum absolute atomic E-state index is 0.778. The first kappa shape index (κ1) is 12.8. The van der Waals surface area contributed by atoms with Crippen molar-refractivity contribution in [1.82, 2.24) is 5.32 Å². The maximum atomic E-state index is 3.99. The minimum atomic E-state index is 0.778. The van der Waals surface area contributed by atoms with Crippen LogP contribution in [0, 0.1) is 11.8 Å². The lowest BCUT2D eigenvalue weighted by Gasteiger charge is -2.21. The van der Waals surface area contributed by atoms with Crippen LogP contribution in [0.5, 0.6) is 0 Å². The summed E-state index contributed by atoms with van der Waals surface area (Å²) in [6.45, 7) is 12.0. The third kappa shape index (κ3) is 3.98. The van der Waals surface area contributed by atoms with Crippen LogP contribution < -0.4 is 5.32 Å². The summed E-state index contributed by atoms with van der Waals surface area (Å²) in [6, 6.07) is 0.778. The monoisotopic (exact) mass is 209 g/mol. The highest BCUT2D eigenvalue weighted by Gasteiger charge is 2.31. The van der Waals surface area contributed by atoms with Crippen LogP contribution in [0.25, 0.3) is 0 Å². The van der Waals surface area contributed by atoms with E-state index < -0.39 is 0 Å². The Morgan fingerprint density at radius 3 is 2.73 bits per heavy atom. The molecule has 88 valence electrons. The first-order valence-electron chi connectivity index (χ1n) is 6.53. The van der Waals surface area contributed by atoms with Gasteiger partial charge in [-0.1, -0.05) is 19.4 Å². The van der Waals surface area contributed by atoms with E-state index in [1.54, 1.807) is 0 Å². The first-order valence-corrected chi connectivity index (χ1v) is 6.53. The molecule has 3 atom stereocenters. The van der Waals surface area contributed by atoms with Gasteiger partial charge in [0.05, 0.1) is 0 Å². The Hall–Kier alpha value is -0.300. The van der Waals surface area contributed by atoms with Crippen LogP contribution in [-0.4, -0.2) is 12.6 Å². The highest BCUT2D eigenvalue weighted by atomic mass is 14.9. The van der Waals surface area contributed by atoms with E-state index in [9.17, 15) is 0 Å². The number of hydrogen-bond donors (Lipinski definition) is 1. The van der Waals surface area contributed by atoms with Gasteiger partial charge in [0.2, 0.25) is 0 Å². The van der Waals surface area contributed by atoms with E-state index in [0.29, 0.717) is 0 Å². The van der Waals surface area contributed by atoms with Crippen molar-refractivity contribution in [3.8, 4) is 0 Å². The quantitative estimate of drug-likeness (QED) is 0.657. The van der Waals surface area contributed by atoms with Crippen LogP contribution in [0.3, 0.4) is 0 Å². The number of nitrogens with one attached hydrogen (secondary N) is 1. The second-order valence-corrected chi connectivity index (χ2v) is 5.25. The van der Waals surface area contributed by atoms with Crippen molar-refractivity contribution in [2.24, 2.45) is 11.8 Å². The lowest BCUT2D eigenvalue weighted by Crippen LogP contribution is -2.33. The van der Waals surface area contributed by atoms with Crippen LogP contribution in [-0.2, 0) is 0 Å². The fraction of sp³-hybridized carbons (Fsp3) is 0.857. The minimum Gasteiger partial charge on any atom is -0.314 e. The van der Waals surface area contributed by atoms with Crippen molar-refractivity contribution < 1.29 is 0 Å². The molecule has 1 heteroatoms. The Balaban J connectivity index is 2.28. The maximum absolute atomic E-state index is 3.99. The molecule has 0 spiro atoms. The fourth-order valence-corrected chi connectivity index (χ4v) is 2.70. The van der Waals surface area contributed by atoms with Gasteiger partial charge in [0.25, 0.3) is 0 Å². The van der Waals surface area contributed by atoms with Crippen molar-refractivity contribution >= 4 is 0 Å². The third-order valence-corrected chi connectivity index (χ3v) is 3.83. The molecule has 1 rings (SSSR count). The maximum Gasteiger partial charge on any atom is 0.00954 e. The van der Waals surface area contributed by atoms with Gasteiger partial charge < -0.3 is 5.32 Å². The van der Waals surface area contributed by atoms with E-state index in [2.05, 4.69) is 32.7 Å². The standard InChI is InChI=1S/C14H27N/c1-5-10-15-14-9-8-13(12(14)4)7-6-11(2)3/h12-15H,2,5-10H2,1,3-4H3. The SMILES string of the molecule is C=C(C)CCC1CCC(NCCC)C1C. The molecule has 15 heavy (non-hydrogen) atoms. The van der Waals surface area contributed by atoms with Crippen molar-refractivity contribution in [2.45, 2.75) is 58.9 Å². The highest BCUT2D eigenvalue weighted by molar-refractivity contribution is 4.92. The summed E-state index contributed by atoms with van der Waals surface area (Å²) >= 11 is 0. The molecule has 3 unspecified atom stereocenters. The van der Waals surface area contributed by atoms with Crippen LogP contribution >= 0.6 is 0 Å². The van der Waals surface area contributed by atoms with Gasteiger partial charge in [0.15, 0.2) is 0 Å². The lowest BCUT2D eigenvalue weighted by atomic mass is 9.90. The average molecular weight is 209 g/mol. The van der Waals surface area contributed by atoms with Crippen LogP contribution in [0.4, 0.5) is 0 Å². The summed E-state index contributed by atoms with van der Waals surface area (Å²) in [5.74, 6) is 1.78. The molecule has 1 aliphatic carbocycles. The predicted octanol–water partition coefficient (Wildman–Crippen LogP) is 3.76. The van der Waals surface area contributed by atoms with E-state index in [4.69, 9.17) is 0 Å². The highest BCUT2D eigenvalue weighted by Crippen LogP contribution is 2.35. The summed E-state index contributed by atoms with van der Waals surface area (Å²) in [6.07, 6.45) is 6.60. The smallest absolute Gasteiger partial charge is 0.00954 e. The average Bonchev–Trinajstić information content (AvgIpc) is 2.54. The zero-order chi connectivity index (χ0) is 11.3. The van der Waals surface area contributed by atoms with E-state index in [1.807, 2.05) is 0 Å². The van der Waals surface area contributed by atoms with Crippen molar-refractivity contribution in [1.29, 1.82) is 0 Å². The van der Waals surface area contributed by atoms with Crippen molar-refractivity contribution in [3.05, 3.63) is 12.2 Å². The summed E-state index contributed by atoms with van der Waals surface area (Å²) in [4.78, 5) is 0. The van der Waals surface area contributed by atoms with Crippen molar-refractivity contribution in [3.63, 3.8) is 0 Å². The number of allylic oxidation sites excluding steroid dienone is 1. The largest absolute Gasteiger partial charge is 0.314 e. The molecule has 0 aromatic carbocycles. The number of hydrogen-bond acceptors (Lipinski definition) is 1. The van der Waals surface area contributed by atoms with Gasteiger partial charge in [-0.05, 0) is 57.4 Å². The third-order valence-electron chi connectivity index (χ3n) is 3.83. The van der Waals surface area contributed by atoms with Gasteiger partial charge in [-0.15, -0.1) is 6.58 Å². The number of rotatable bonds is 6. The van der Waals surface area contributed by atoms with E-state index in [1.165, 1.54) is 44.2 Å². The fourth-order valence-electron chi connectivity index (χ4n) is 2.70. The molecule has 0 bridgehead atoms. The molecule has 0 aromatic rings. The molecule has 0 saturated heterocycles. The molecule has 0 aliphatic heterocycles. The summed E-state index contributed by atoms with van der Waals surface area (Å²) in [7, 11) is 0. The van der Waals surface area contributed by atoms with Crippen molar-refractivity contribution in [2.75, 3.05) is 6.54 Å². The van der Waals surface area contributed by atoms with Gasteiger partial charge in [-0.25, -0.2) is 0 Å². The van der Waals surface area contributed by atoms with Crippen LogP contribution in [0.15, 0.2) is 12.2 Å². The Labute approximate surface area is 95.3 Å². The second kappa shape index (κ2) is 6.32. The van der Waals surface area contributed by atoms with Gasteiger partial charge in [0, 0.05) is 6.04 Å². The lowest BCUT2D eigenvalue weighted by molar-refractivity contribution is 0.337. The zero-order valence-electron chi connectivity index (χ0n) is 10.7. The van der Waals surface area contributed by atoms with E-state index >= 15 is 0 Å².